The largest absolute Gasteiger partial charge is 0.439 e. The van der Waals surface area contributed by atoms with Crippen molar-refractivity contribution in [1.82, 2.24) is 10.3 Å². The summed E-state index contributed by atoms with van der Waals surface area (Å²) in [6.45, 7) is 0.739. The van der Waals surface area contributed by atoms with Crippen molar-refractivity contribution in [3.8, 4) is 11.6 Å². The molecule has 1 aromatic heterocycles. The number of hydrogen-bond acceptors (Lipinski definition) is 4. The molecule has 0 aliphatic heterocycles. The molecule has 1 heterocycles. The Balaban J connectivity index is 2.09. The molecule has 4 heteroatoms. The first-order valence-corrected chi connectivity index (χ1v) is 6.97. The number of thioether (sulfide) groups is 1. The van der Waals surface area contributed by atoms with Gasteiger partial charge in [-0.3, -0.25) is 0 Å². The highest BCUT2D eigenvalue weighted by atomic mass is 32.2. The van der Waals surface area contributed by atoms with Crippen molar-refractivity contribution in [2.75, 3.05) is 13.3 Å². The lowest BCUT2D eigenvalue weighted by Crippen LogP contribution is -2.06. The number of aromatic nitrogens is 1. The predicted octanol–water partition coefficient (Wildman–Crippen LogP) is 3.32. The highest BCUT2D eigenvalue weighted by Crippen LogP contribution is 2.23. The van der Waals surface area contributed by atoms with Crippen LogP contribution in [-0.2, 0) is 6.54 Å². The van der Waals surface area contributed by atoms with Crippen molar-refractivity contribution in [3.05, 3.63) is 48.2 Å². The van der Waals surface area contributed by atoms with Gasteiger partial charge in [-0.2, -0.15) is 0 Å². The molecule has 0 amide bonds. The van der Waals surface area contributed by atoms with E-state index in [4.69, 9.17) is 4.74 Å². The summed E-state index contributed by atoms with van der Waals surface area (Å²) < 4.78 is 5.72. The number of nitrogens with zero attached hydrogens (tertiary/aromatic N) is 1. The van der Waals surface area contributed by atoms with Gasteiger partial charge < -0.3 is 10.1 Å². The third-order valence-corrected chi connectivity index (χ3v) is 3.16. The number of ether oxygens (including phenoxy) is 1. The highest BCUT2D eigenvalue weighted by molar-refractivity contribution is 7.98. The second-order valence-corrected chi connectivity index (χ2v) is 4.65. The van der Waals surface area contributed by atoms with Crippen molar-refractivity contribution in [2.24, 2.45) is 0 Å². The Labute approximate surface area is 112 Å². The van der Waals surface area contributed by atoms with Gasteiger partial charge in [-0.1, -0.05) is 6.07 Å². The quantitative estimate of drug-likeness (QED) is 0.836. The summed E-state index contributed by atoms with van der Waals surface area (Å²) in [5.41, 5.74) is 0.968. The van der Waals surface area contributed by atoms with Crippen molar-refractivity contribution in [3.63, 3.8) is 0 Å². The third-order valence-electron chi connectivity index (χ3n) is 2.42. The van der Waals surface area contributed by atoms with Gasteiger partial charge in [0.15, 0.2) is 0 Å². The van der Waals surface area contributed by atoms with E-state index in [0.717, 1.165) is 18.0 Å². The van der Waals surface area contributed by atoms with Crippen molar-refractivity contribution in [1.29, 1.82) is 0 Å². The van der Waals surface area contributed by atoms with E-state index < -0.39 is 0 Å². The van der Waals surface area contributed by atoms with Gasteiger partial charge in [0.1, 0.15) is 5.75 Å². The predicted molar refractivity (Wildman–Crippen MR) is 75.3 cm³/mol. The Morgan fingerprint density at radius 3 is 2.61 bits per heavy atom. The Morgan fingerprint density at radius 1 is 1.17 bits per heavy atom. The van der Waals surface area contributed by atoms with Crippen LogP contribution in [0.15, 0.2) is 47.4 Å². The van der Waals surface area contributed by atoms with E-state index in [9.17, 15) is 0 Å². The van der Waals surface area contributed by atoms with Crippen LogP contribution in [0.1, 0.15) is 5.69 Å². The number of pyridine rings is 1. The molecule has 0 radical (unpaired) electrons. The molecular formula is C14H16N2OS. The molecule has 0 saturated heterocycles. The molecule has 3 nitrogen and oxygen atoms in total. The summed E-state index contributed by atoms with van der Waals surface area (Å²) in [7, 11) is 1.90. The molecule has 94 valence electrons. The lowest BCUT2D eigenvalue weighted by Gasteiger charge is -2.07. The first-order valence-electron chi connectivity index (χ1n) is 5.74. The fourth-order valence-corrected chi connectivity index (χ4v) is 1.97. The molecule has 0 fully saturated rings. The maximum Gasteiger partial charge on any atom is 0.219 e. The second-order valence-electron chi connectivity index (χ2n) is 3.78. The molecule has 0 aliphatic rings. The van der Waals surface area contributed by atoms with E-state index in [1.807, 2.05) is 49.5 Å². The van der Waals surface area contributed by atoms with Crippen LogP contribution in [0.4, 0.5) is 0 Å². The fourth-order valence-electron chi connectivity index (χ4n) is 1.56. The minimum absolute atomic E-state index is 0.625. The van der Waals surface area contributed by atoms with Crippen molar-refractivity contribution < 1.29 is 4.74 Å². The highest BCUT2D eigenvalue weighted by Gasteiger charge is 2.00. The Hall–Kier alpha value is -1.52. The third kappa shape index (κ3) is 3.48. The van der Waals surface area contributed by atoms with Crippen LogP contribution in [0.3, 0.4) is 0 Å². The summed E-state index contributed by atoms with van der Waals surface area (Å²) in [6.07, 6.45) is 2.05. The van der Waals surface area contributed by atoms with Crippen LogP contribution in [0.5, 0.6) is 11.6 Å². The van der Waals surface area contributed by atoms with E-state index in [1.165, 1.54) is 4.90 Å². The van der Waals surface area contributed by atoms with Gasteiger partial charge in [0.2, 0.25) is 5.88 Å². The van der Waals surface area contributed by atoms with Crippen LogP contribution < -0.4 is 10.1 Å². The lowest BCUT2D eigenvalue weighted by molar-refractivity contribution is 0.459. The van der Waals surface area contributed by atoms with Crippen molar-refractivity contribution >= 4 is 11.8 Å². The average Bonchev–Trinajstić information content (AvgIpc) is 2.40. The topological polar surface area (TPSA) is 34.1 Å². The van der Waals surface area contributed by atoms with E-state index in [0.29, 0.717) is 5.88 Å². The van der Waals surface area contributed by atoms with E-state index in [-0.39, 0.29) is 0 Å². The van der Waals surface area contributed by atoms with Crippen LogP contribution >= 0.6 is 11.8 Å². The minimum atomic E-state index is 0.625. The van der Waals surface area contributed by atoms with Gasteiger partial charge in [-0.05, 0) is 43.6 Å². The molecule has 0 atom stereocenters. The fraction of sp³-hybridized carbons (Fsp3) is 0.214. The molecule has 2 aromatic rings. The maximum atomic E-state index is 5.72. The van der Waals surface area contributed by atoms with Crippen LogP contribution in [-0.4, -0.2) is 18.3 Å². The normalized spacial score (nSPS) is 10.3. The molecule has 0 unspecified atom stereocenters. The molecule has 0 saturated carbocycles. The second kappa shape index (κ2) is 6.42. The number of rotatable bonds is 5. The molecule has 0 bridgehead atoms. The zero-order valence-electron chi connectivity index (χ0n) is 10.5. The van der Waals surface area contributed by atoms with Crippen LogP contribution in [0.2, 0.25) is 0 Å². The van der Waals surface area contributed by atoms with Gasteiger partial charge in [0.25, 0.3) is 0 Å². The lowest BCUT2D eigenvalue weighted by atomic mass is 10.3. The van der Waals surface area contributed by atoms with Gasteiger partial charge in [-0.25, -0.2) is 4.98 Å². The van der Waals surface area contributed by atoms with E-state index >= 15 is 0 Å². The molecule has 2 rings (SSSR count). The summed E-state index contributed by atoms with van der Waals surface area (Å²) in [6, 6.07) is 13.8. The molecule has 0 spiro atoms. The van der Waals surface area contributed by atoms with Gasteiger partial charge >= 0.3 is 0 Å². The summed E-state index contributed by atoms with van der Waals surface area (Å²) in [5.74, 6) is 1.43. The van der Waals surface area contributed by atoms with Crippen molar-refractivity contribution in [2.45, 2.75) is 11.4 Å². The van der Waals surface area contributed by atoms with Gasteiger partial charge in [-0.15, -0.1) is 11.8 Å². The maximum absolute atomic E-state index is 5.72. The SMILES string of the molecule is CNCc1cccc(Oc2ccc(SC)cc2)n1. The van der Waals surface area contributed by atoms with Crippen LogP contribution in [0, 0.1) is 0 Å². The zero-order valence-corrected chi connectivity index (χ0v) is 11.3. The summed E-state index contributed by atoms with van der Waals surface area (Å²) in [5, 5.41) is 3.07. The van der Waals surface area contributed by atoms with E-state index in [1.54, 1.807) is 11.8 Å². The standard InChI is InChI=1S/C14H16N2OS/c1-15-10-11-4-3-5-14(16-11)17-12-6-8-13(18-2)9-7-12/h3-9,15H,10H2,1-2H3. The monoisotopic (exact) mass is 260 g/mol. The van der Waals surface area contributed by atoms with E-state index in [2.05, 4.69) is 16.6 Å². The Kier molecular flexibility index (Phi) is 4.61. The Morgan fingerprint density at radius 2 is 1.94 bits per heavy atom. The smallest absolute Gasteiger partial charge is 0.219 e. The van der Waals surface area contributed by atoms with Crippen LogP contribution in [0.25, 0.3) is 0 Å². The molecule has 1 N–H and O–H groups in total. The summed E-state index contributed by atoms with van der Waals surface area (Å²) in [4.78, 5) is 5.63. The first-order chi connectivity index (χ1) is 8.81. The number of benzene rings is 1. The summed E-state index contributed by atoms with van der Waals surface area (Å²) >= 11 is 1.71. The molecular weight excluding hydrogens is 244 g/mol. The molecule has 18 heavy (non-hydrogen) atoms. The first kappa shape index (κ1) is 12.9. The Bertz CT molecular complexity index is 499. The number of hydrogen-bond donors (Lipinski definition) is 1. The molecule has 1 aromatic carbocycles. The minimum Gasteiger partial charge on any atom is -0.439 e. The van der Waals surface area contributed by atoms with Gasteiger partial charge in [0.05, 0.1) is 5.69 Å². The zero-order chi connectivity index (χ0) is 12.8. The van der Waals surface area contributed by atoms with Gasteiger partial charge in [0, 0.05) is 17.5 Å². The average molecular weight is 260 g/mol. The molecule has 0 aliphatic carbocycles. The number of nitrogens with one attached hydrogen (secondary N) is 1.